The first kappa shape index (κ1) is 25.3. The van der Waals surface area contributed by atoms with Crippen LogP contribution in [0.15, 0.2) is 77.8 Å². The molecule has 4 rings (SSSR count). The van der Waals surface area contributed by atoms with Gasteiger partial charge in [0, 0.05) is 18.7 Å². The lowest BCUT2D eigenvalue weighted by atomic mass is 9.92. The molecule has 0 spiro atoms. The number of aliphatic imine (C=N–C) groups is 1. The number of benzene rings is 3. The summed E-state index contributed by atoms with van der Waals surface area (Å²) in [7, 11) is 1.60. The fraction of sp³-hybridized carbons (Fsp3) is 0.214. The van der Waals surface area contributed by atoms with Crippen molar-refractivity contribution in [3.05, 3.63) is 95.1 Å². The van der Waals surface area contributed by atoms with E-state index < -0.39 is 5.54 Å². The quantitative estimate of drug-likeness (QED) is 0.439. The van der Waals surface area contributed by atoms with Crippen LogP contribution in [0.5, 0.6) is 5.75 Å². The van der Waals surface area contributed by atoms with E-state index in [0.717, 1.165) is 22.4 Å². The summed E-state index contributed by atoms with van der Waals surface area (Å²) in [6.07, 6.45) is 0.410. The third kappa shape index (κ3) is 6.05. The van der Waals surface area contributed by atoms with Crippen molar-refractivity contribution in [2.45, 2.75) is 32.0 Å². The number of hydrogen-bond donors (Lipinski definition) is 3. The van der Waals surface area contributed by atoms with Gasteiger partial charge >= 0.3 is 6.03 Å². The molecule has 1 aliphatic rings. The first-order valence-electron chi connectivity index (χ1n) is 11.7. The molecular formula is C28H28N6O3. The number of carbonyl (C=O) groups is 2. The lowest BCUT2D eigenvalue weighted by molar-refractivity contribution is -0.131. The molecule has 37 heavy (non-hydrogen) atoms. The van der Waals surface area contributed by atoms with Gasteiger partial charge in [-0.1, -0.05) is 42.5 Å². The van der Waals surface area contributed by atoms with E-state index >= 15 is 0 Å². The second-order valence-corrected chi connectivity index (χ2v) is 8.98. The van der Waals surface area contributed by atoms with E-state index in [4.69, 9.17) is 15.7 Å². The summed E-state index contributed by atoms with van der Waals surface area (Å²) in [5, 5.41) is 14.5. The van der Waals surface area contributed by atoms with Crippen LogP contribution in [-0.4, -0.2) is 35.4 Å². The summed E-state index contributed by atoms with van der Waals surface area (Å²) in [5.41, 5.74) is 8.89. The van der Waals surface area contributed by atoms with Crippen molar-refractivity contribution in [3.8, 4) is 11.8 Å². The van der Waals surface area contributed by atoms with Crippen molar-refractivity contribution in [2.24, 2.45) is 10.7 Å². The molecule has 3 aromatic rings. The molecule has 1 aliphatic heterocycles. The Bertz CT molecular complexity index is 1380. The Hall–Kier alpha value is -4.84. The SMILES string of the molecule is COc1cccc(CC2(C)N=C(N)N(Cc3ccc(CNC(=O)Nc4cccc(C#N)c4)cc3)C2=O)c1. The number of nitrogens with zero attached hydrogens (tertiary/aromatic N) is 3. The molecule has 1 atom stereocenters. The number of nitrogens with one attached hydrogen (secondary N) is 2. The third-order valence-electron chi connectivity index (χ3n) is 6.09. The highest BCUT2D eigenvalue weighted by Gasteiger charge is 2.43. The van der Waals surface area contributed by atoms with E-state index in [0.29, 0.717) is 30.8 Å². The maximum Gasteiger partial charge on any atom is 0.319 e. The Kier molecular flexibility index (Phi) is 7.39. The minimum Gasteiger partial charge on any atom is -0.497 e. The van der Waals surface area contributed by atoms with Crippen LogP contribution in [0.1, 0.15) is 29.2 Å². The van der Waals surface area contributed by atoms with E-state index in [1.807, 2.05) is 54.6 Å². The van der Waals surface area contributed by atoms with Gasteiger partial charge < -0.3 is 21.1 Å². The highest BCUT2D eigenvalue weighted by Crippen LogP contribution is 2.28. The van der Waals surface area contributed by atoms with Crippen molar-refractivity contribution in [1.82, 2.24) is 10.2 Å². The van der Waals surface area contributed by atoms with Crippen LogP contribution in [0, 0.1) is 11.3 Å². The molecule has 0 radical (unpaired) electrons. The largest absolute Gasteiger partial charge is 0.497 e. The number of hydrogen-bond acceptors (Lipinski definition) is 6. The molecule has 0 saturated heterocycles. The minimum absolute atomic E-state index is 0.157. The van der Waals surface area contributed by atoms with Crippen LogP contribution >= 0.6 is 0 Å². The van der Waals surface area contributed by atoms with Gasteiger partial charge in [0.25, 0.3) is 5.91 Å². The molecule has 0 saturated carbocycles. The van der Waals surface area contributed by atoms with Gasteiger partial charge in [-0.05, 0) is 53.9 Å². The predicted octanol–water partition coefficient (Wildman–Crippen LogP) is 3.55. The van der Waals surface area contributed by atoms with Gasteiger partial charge in [0.15, 0.2) is 5.96 Å². The molecule has 0 aliphatic carbocycles. The lowest BCUT2D eigenvalue weighted by Gasteiger charge is -2.22. The zero-order valence-corrected chi connectivity index (χ0v) is 20.7. The van der Waals surface area contributed by atoms with Gasteiger partial charge in [-0.15, -0.1) is 0 Å². The fourth-order valence-electron chi connectivity index (χ4n) is 4.17. The standard InChI is InChI=1S/C28H28N6O3/c1-28(15-21-5-4-8-24(14-21)37-2)25(35)34(26(30)33-28)18-20-11-9-19(10-12-20)17-31-27(36)32-23-7-3-6-22(13-23)16-29/h3-14H,15,17-18H2,1-2H3,(H2,30,33)(H2,31,32,36). The third-order valence-corrected chi connectivity index (χ3v) is 6.09. The monoisotopic (exact) mass is 496 g/mol. The van der Waals surface area contributed by atoms with E-state index in [2.05, 4.69) is 15.6 Å². The molecule has 188 valence electrons. The van der Waals surface area contributed by atoms with Crippen molar-refractivity contribution in [3.63, 3.8) is 0 Å². The summed E-state index contributed by atoms with van der Waals surface area (Å²) in [4.78, 5) is 31.5. The summed E-state index contributed by atoms with van der Waals surface area (Å²) < 4.78 is 5.28. The predicted molar refractivity (Wildman–Crippen MR) is 141 cm³/mol. The molecule has 0 fully saturated rings. The second-order valence-electron chi connectivity index (χ2n) is 8.98. The summed E-state index contributed by atoms with van der Waals surface area (Å²) in [6.45, 7) is 2.40. The van der Waals surface area contributed by atoms with Crippen LogP contribution in [0.2, 0.25) is 0 Å². The Balaban J connectivity index is 1.33. The van der Waals surface area contributed by atoms with Gasteiger partial charge in [-0.2, -0.15) is 5.26 Å². The maximum atomic E-state index is 13.3. The highest BCUT2D eigenvalue weighted by molar-refractivity contribution is 6.06. The molecule has 1 unspecified atom stereocenters. The molecule has 4 N–H and O–H groups in total. The smallest absolute Gasteiger partial charge is 0.319 e. The van der Waals surface area contributed by atoms with Gasteiger partial charge in [-0.3, -0.25) is 9.69 Å². The summed E-state index contributed by atoms with van der Waals surface area (Å²) in [5.74, 6) is 0.759. The number of ether oxygens (including phenoxy) is 1. The molecular weight excluding hydrogens is 468 g/mol. The summed E-state index contributed by atoms with van der Waals surface area (Å²) in [6, 6.07) is 23.5. The first-order valence-corrected chi connectivity index (χ1v) is 11.7. The zero-order valence-electron chi connectivity index (χ0n) is 20.7. The normalized spacial score (nSPS) is 16.6. The topological polar surface area (TPSA) is 133 Å². The number of urea groups is 1. The van der Waals surface area contributed by atoms with Crippen LogP contribution < -0.4 is 21.1 Å². The number of nitrogens with two attached hydrogens (primary N) is 1. The molecule has 1 heterocycles. The molecule has 0 aromatic heterocycles. The Labute approximate surface area is 215 Å². The van der Waals surface area contributed by atoms with Gasteiger partial charge in [0.05, 0.1) is 25.3 Å². The van der Waals surface area contributed by atoms with Crippen molar-refractivity contribution in [2.75, 3.05) is 12.4 Å². The fourth-order valence-corrected chi connectivity index (χ4v) is 4.17. The summed E-state index contributed by atoms with van der Waals surface area (Å²) >= 11 is 0. The number of rotatable bonds is 8. The van der Waals surface area contributed by atoms with E-state index in [9.17, 15) is 9.59 Å². The first-order chi connectivity index (χ1) is 17.8. The number of nitriles is 1. The molecule has 0 bridgehead atoms. The van der Waals surface area contributed by atoms with Crippen LogP contribution in [0.4, 0.5) is 10.5 Å². The average Bonchev–Trinajstić information content (AvgIpc) is 3.10. The van der Waals surface area contributed by atoms with E-state index in [1.165, 1.54) is 4.90 Å². The number of guanidine groups is 1. The maximum absolute atomic E-state index is 13.3. The van der Waals surface area contributed by atoms with Crippen molar-refractivity contribution < 1.29 is 14.3 Å². The zero-order chi connectivity index (χ0) is 26.4. The Morgan fingerprint density at radius 1 is 1.08 bits per heavy atom. The highest BCUT2D eigenvalue weighted by atomic mass is 16.5. The van der Waals surface area contributed by atoms with Crippen molar-refractivity contribution >= 4 is 23.6 Å². The van der Waals surface area contributed by atoms with Crippen LogP contribution in [0.3, 0.4) is 0 Å². The van der Waals surface area contributed by atoms with Crippen LogP contribution in [-0.2, 0) is 24.3 Å². The number of carbonyl (C=O) groups excluding carboxylic acids is 2. The van der Waals surface area contributed by atoms with Crippen molar-refractivity contribution in [1.29, 1.82) is 5.26 Å². The van der Waals surface area contributed by atoms with E-state index in [1.54, 1.807) is 38.3 Å². The number of amides is 3. The number of methoxy groups -OCH3 is 1. The number of anilines is 1. The molecule has 9 heteroatoms. The average molecular weight is 497 g/mol. The van der Waals surface area contributed by atoms with Gasteiger partial charge in [0.2, 0.25) is 0 Å². The van der Waals surface area contributed by atoms with Gasteiger partial charge in [-0.25, -0.2) is 9.79 Å². The van der Waals surface area contributed by atoms with E-state index in [-0.39, 0.29) is 17.9 Å². The molecule has 3 amide bonds. The lowest BCUT2D eigenvalue weighted by Crippen LogP contribution is -2.43. The molecule has 9 nitrogen and oxygen atoms in total. The van der Waals surface area contributed by atoms with Crippen LogP contribution in [0.25, 0.3) is 0 Å². The second kappa shape index (κ2) is 10.8. The minimum atomic E-state index is -0.986. The Morgan fingerprint density at radius 2 is 1.81 bits per heavy atom. The Morgan fingerprint density at radius 3 is 2.54 bits per heavy atom. The van der Waals surface area contributed by atoms with Gasteiger partial charge in [0.1, 0.15) is 11.3 Å². The molecule has 3 aromatic carbocycles.